The number of hydrogen-bond donors (Lipinski definition) is 2. The van der Waals surface area contributed by atoms with Gasteiger partial charge in [0, 0.05) is 17.8 Å². The molecule has 1 aromatic heterocycles. The molecule has 0 amide bonds. The van der Waals surface area contributed by atoms with Gasteiger partial charge in [0.15, 0.2) is 0 Å². The molecule has 2 N–H and O–H groups in total. The van der Waals surface area contributed by atoms with Crippen molar-refractivity contribution in [1.29, 1.82) is 0 Å². The maximum absolute atomic E-state index is 12.5. The summed E-state index contributed by atoms with van der Waals surface area (Å²) in [4.78, 5) is 15.7. The predicted molar refractivity (Wildman–Crippen MR) is 129 cm³/mol. The van der Waals surface area contributed by atoms with E-state index in [9.17, 15) is 18.0 Å². The van der Waals surface area contributed by atoms with Crippen molar-refractivity contribution in [1.82, 2.24) is 9.55 Å². The standard InChI is InChI=1S/C26H28F3N3O3/c1-16-12-19(15-25(2,3)14-16)32-22-10-4-17(5-11-23(33)34)13-21(22)31-24(32)30-18-6-8-20(9-7-18)35-26(27,28)29/h4-11,13,16,19H,12,14-15H2,1-3H3,(H,30,31)(H,33,34)/b11-5+/t16-,19+/m0/s1. The highest BCUT2D eigenvalue weighted by atomic mass is 19.4. The van der Waals surface area contributed by atoms with E-state index in [-0.39, 0.29) is 17.2 Å². The van der Waals surface area contributed by atoms with E-state index in [4.69, 9.17) is 10.1 Å². The minimum atomic E-state index is -4.75. The van der Waals surface area contributed by atoms with Gasteiger partial charge in [-0.15, -0.1) is 13.2 Å². The van der Waals surface area contributed by atoms with Crippen LogP contribution in [0.2, 0.25) is 0 Å². The molecule has 0 bridgehead atoms. The van der Waals surface area contributed by atoms with Crippen molar-refractivity contribution in [2.75, 3.05) is 5.32 Å². The molecule has 9 heteroatoms. The number of carboxylic acid groups (broad SMARTS) is 1. The molecule has 2 aromatic carbocycles. The lowest BCUT2D eigenvalue weighted by atomic mass is 9.70. The van der Waals surface area contributed by atoms with Crippen LogP contribution >= 0.6 is 0 Å². The van der Waals surface area contributed by atoms with Crippen LogP contribution < -0.4 is 10.1 Å². The summed E-state index contributed by atoms with van der Waals surface area (Å²) in [6.45, 7) is 6.76. The van der Waals surface area contributed by atoms with Gasteiger partial charge in [0.2, 0.25) is 5.95 Å². The number of nitrogens with one attached hydrogen (secondary N) is 1. The summed E-state index contributed by atoms with van der Waals surface area (Å²) in [6.07, 6.45) is 0.898. The molecule has 0 unspecified atom stereocenters. The lowest BCUT2D eigenvalue weighted by Gasteiger charge is -2.40. The van der Waals surface area contributed by atoms with Crippen molar-refractivity contribution >= 4 is 34.7 Å². The molecular weight excluding hydrogens is 459 g/mol. The van der Waals surface area contributed by atoms with Gasteiger partial charge in [-0.3, -0.25) is 0 Å². The quantitative estimate of drug-likeness (QED) is 0.361. The number of imidazole rings is 1. The molecule has 0 spiro atoms. The van der Waals surface area contributed by atoms with E-state index in [2.05, 4.69) is 35.4 Å². The van der Waals surface area contributed by atoms with Crippen LogP contribution in [-0.4, -0.2) is 27.0 Å². The summed E-state index contributed by atoms with van der Waals surface area (Å²) < 4.78 is 43.6. The number of ether oxygens (including phenoxy) is 1. The first-order valence-corrected chi connectivity index (χ1v) is 11.4. The third-order valence-electron chi connectivity index (χ3n) is 6.20. The Morgan fingerprint density at radius 2 is 1.91 bits per heavy atom. The SMILES string of the molecule is C[C@H]1C[C@@H](n2c(Nc3ccc(OC(F)(F)F)cc3)nc3cc(/C=C/C(=O)O)ccc32)CC(C)(C)C1. The van der Waals surface area contributed by atoms with Gasteiger partial charge in [0.05, 0.1) is 11.0 Å². The van der Waals surface area contributed by atoms with Gasteiger partial charge < -0.3 is 19.7 Å². The molecule has 1 heterocycles. The molecule has 186 valence electrons. The Morgan fingerprint density at radius 3 is 2.54 bits per heavy atom. The number of carboxylic acids is 1. The Morgan fingerprint density at radius 1 is 1.20 bits per heavy atom. The second kappa shape index (κ2) is 9.28. The molecule has 0 radical (unpaired) electrons. The lowest BCUT2D eigenvalue weighted by molar-refractivity contribution is -0.274. The average molecular weight is 488 g/mol. The van der Waals surface area contributed by atoms with Crippen LogP contribution in [0.3, 0.4) is 0 Å². The highest BCUT2D eigenvalue weighted by molar-refractivity contribution is 5.87. The van der Waals surface area contributed by atoms with Crippen molar-refractivity contribution in [2.24, 2.45) is 11.3 Å². The fraction of sp³-hybridized carbons (Fsp3) is 0.385. The number of anilines is 2. The molecule has 1 saturated carbocycles. The van der Waals surface area contributed by atoms with E-state index in [1.807, 2.05) is 18.2 Å². The van der Waals surface area contributed by atoms with Gasteiger partial charge >= 0.3 is 12.3 Å². The zero-order chi connectivity index (χ0) is 25.4. The van der Waals surface area contributed by atoms with Crippen LogP contribution in [0.5, 0.6) is 5.75 Å². The van der Waals surface area contributed by atoms with Crippen molar-refractivity contribution in [2.45, 2.75) is 52.4 Å². The molecule has 0 aliphatic heterocycles. The monoisotopic (exact) mass is 487 g/mol. The largest absolute Gasteiger partial charge is 0.573 e. The van der Waals surface area contributed by atoms with E-state index in [0.29, 0.717) is 28.6 Å². The van der Waals surface area contributed by atoms with Crippen LogP contribution in [0.1, 0.15) is 51.6 Å². The summed E-state index contributed by atoms with van der Waals surface area (Å²) in [5, 5.41) is 12.2. The molecule has 4 rings (SSSR count). The second-order valence-electron chi connectivity index (χ2n) is 9.99. The summed E-state index contributed by atoms with van der Waals surface area (Å²) in [7, 11) is 0. The van der Waals surface area contributed by atoms with Crippen LogP contribution in [-0.2, 0) is 4.79 Å². The Hall–Kier alpha value is -3.49. The summed E-state index contributed by atoms with van der Waals surface area (Å²) in [5.74, 6) is -0.229. The normalized spacial score (nSPS) is 20.3. The number of nitrogens with zero attached hydrogens (tertiary/aromatic N) is 2. The van der Waals surface area contributed by atoms with Crippen molar-refractivity contribution in [3.8, 4) is 5.75 Å². The molecule has 0 saturated heterocycles. The van der Waals surface area contributed by atoms with Crippen LogP contribution in [0.4, 0.5) is 24.8 Å². The fourth-order valence-corrected chi connectivity index (χ4v) is 5.21. The fourth-order valence-electron chi connectivity index (χ4n) is 5.21. The maximum atomic E-state index is 12.5. The molecule has 3 aromatic rings. The van der Waals surface area contributed by atoms with Crippen molar-refractivity contribution in [3.63, 3.8) is 0 Å². The Balaban J connectivity index is 1.73. The first-order valence-electron chi connectivity index (χ1n) is 11.4. The third-order valence-corrected chi connectivity index (χ3v) is 6.20. The van der Waals surface area contributed by atoms with Gasteiger partial charge in [-0.05, 0) is 78.6 Å². The van der Waals surface area contributed by atoms with E-state index >= 15 is 0 Å². The van der Waals surface area contributed by atoms with Crippen LogP contribution in [0, 0.1) is 11.3 Å². The van der Waals surface area contributed by atoms with E-state index in [1.54, 1.807) is 0 Å². The first-order chi connectivity index (χ1) is 16.4. The highest BCUT2D eigenvalue weighted by Gasteiger charge is 2.35. The summed E-state index contributed by atoms with van der Waals surface area (Å²) >= 11 is 0. The first kappa shape index (κ1) is 24.6. The molecule has 1 fully saturated rings. The molecule has 1 aliphatic carbocycles. The zero-order valence-electron chi connectivity index (χ0n) is 19.8. The van der Waals surface area contributed by atoms with E-state index in [1.165, 1.54) is 30.3 Å². The van der Waals surface area contributed by atoms with Crippen molar-refractivity contribution < 1.29 is 27.8 Å². The topological polar surface area (TPSA) is 76.4 Å². The summed E-state index contributed by atoms with van der Waals surface area (Å²) in [6, 6.07) is 11.3. The van der Waals surface area contributed by atoms with Gasteiger partial charge in [-0.25, -0.2) is 9.78 Å². The van der Waals surface area contributed by atoms with E-state index in [0.717, 1.165) is 30.9 Å². The number of carbonyl (C=O) groups is 1. The van der Waals surface area contributed by atoms with Gasteiger partial charge in [0.25, 0.3) is 0 Å². The second-order valence-corrected chi connectivity index (χ2v) is 9.99. The minimum Gasteiger partial charge on any atom is -0.478 e. The number of rotatable bonds is 6. The number of fused-ring (bicyclic) bond motifs is 1. The molecule has 35 heavy (non-hydrogen) atoms. The smallest absolute Gasteiger partial charge is 0.478 e. The van der Waals surface area contributed by atoms with Crippen LogP contribution in [0.15, 0.2) is 48.5 Å². The van der Waals surface area contributed by atoms with Gasteiger partial charge in [0.1, 0.15) is 5.75 Å². The third kappa shape index (κ3) is 6.15. The Kier molecular flexibility index (Phi) is 6.53. The number of aromatic nitrogens is 2. The number of aliphatic carboxylic acids is 1. The van der Waals surface area contributed by atoms with Gasteiger partial charge in [-0.2, -0.15) is 0 Å². The van der Waals surface area contributed by atoms with Crippen LogP contribution in [0.25, 0.3) is 17.1 Å². The Bertz CT molecular complexity index is 1250. The Labute approximate surface area is 201 Å². The molecule has 6 nitrogen and oxygen atoms in total. The molecular formula is C26H28F3N3O3. The predicted octanol–water partition coefficient (Wildman–Crippen LogP) is 7.16. The summed E-state index contributed by atoms with van der Waals surface area (Å²) in [5.41, 5.74) is 3.05. The number of hydrogen-bond acceptors (Lipinski definition) is 4. The minimum absolute atomic E-state index is 0.150. The average Bonchev–Trinajstić information content (AvgIpc) is 3.08. The number of alkyl halides is 3. The van der Waals surface area contributed by atoms with Gasteiger partial charge in [-0.1, -0.05) is 26.8 Å². The number of halogens is 3. The molecule has 1 aliphatic rings. The highest BCUT2D eigenvalue weighted by Crippen LogP contribution is 2.46. The van der Waals surface area contributed by atoms with E-state index < -0.39 is 12.3 Å². The number of benzene rings is 2. The zero-order valence-corrected chi connectivity index (χ0v) is 19.8. The van der Waals surface area contributed by atoms with Crippen molar-refractivity contribution in [3.05, 3.63) is 54.1 Å². The lowest BCUT2D eigenvalue weighted by Crippen LogP contribution is -2.29. The molecule has 2 atom stereocenters. The maximum Gasteiger partial charge on any atom is 0.573 e.